The molecule has 1 amide bonds. The molecule has 0 radical (unpaired) electrons. The zero-order chi connectivity index (χ0) is 21.0. The van der Waals surface area contributed by atoms with E-state index >= 15 is 0 Å². The van der Waals surface area contributed by atoms with Crippen LogP contribution in [0, 0.1) is 0 Å². The maximum Gasteiger partial charge on any atom is 0.334 e. The monoisotopic (exact) mass is 419 g/mol. The Labute approximate surface area is 173 Å². The van der Waals surface area contributed by atoms with Gasteiger partial charge in [0.05, 0.1) is 18.9 Å². The van der Waals surface area contributed by atoms with Gasteiger partial charge in [0, 0.05) is 6.54 Å². The Bertz CT molecular complexity index is 746. The van der Waals surface area contributed by atoms with Gasteiger partial charge in [0.2, 0.25) is 6.41 Å². The number of hydrogen-bond acceptors (Lipinski definition) is 5. The largest absolute Gasteiger partial charge is 0.334 e. The van der Waals surface area contributed by atoms with Crippen LogP contribution in [0.1, 0.15) is 31.4 Å². The molecular formula is C22H30NO5P. The Hall–Kier alpha value is -1.98. The van der Waals surface area contributed by atoms with E-state index in [0.717, 1.165) is 11.1 Å². The summed E-state index contributed by atoms with van der Waals surface area (Å²) in [5, 5.41) is 1.24. The first-order valence-electron chi connectivity index (χ1n) is 9.92. The van der Waals surface area contributed by atoms with Crippen molar-refractivity contribution in [2.24, 2.45) is 0 Å². The summed E-state index contributed by atoms with van der Waals surface area (Å²) in [6.45, 7) is 4.77. The molecule has 0 N–H and O–H groups in total. The Morgan fingerprint density at radius 3 is 2.00 bits per heavy atom. The Balaban J connectivity index is 2.06. The molecule has 0 aliphatic carbocycles. The third-order valence-corrected chi connectivity index (χ3v) is 6.99. The molecule has 0 heterocycles. The highest BCUT2D eigenvalue weighted by atomic mass is 31.2. The molecule has 0 saturated carbocycles. The summed E-state index contributed by atoms with van der Waals surface area (Å²) in [4.78, 5) is 17.1. The fraction of sp³-hybridized carbons (Fsp3) is 0.409. The van der Waals surface area contributed by atoms with Crippen LogP contribution >= 0.6 is 7.60 Å². The highest BCUT2D eigenvalue weighted by Gasteiger charge is 2.35. The van der Waals surface area contributed by atoms with Gasteiger partial charge >= 0.3 is 7.60 Å². The SMILES string of the molecule is CCOP(=O)(OCC)C(CCN(C=O)OCc1ccccc1)Cc1ccccc1. The minimum Gasteiger partial charge on any atom is -0.309 e. The van der Waals surface area contributed by atoms with Crippen LogP contribution < -0.4 is 0 Å². The molecule has 0 aliphatic heterocycles. The number of rotatable bonds is 14. The van der Waals surface area contributed by atoms with E-state index in [1.807, 2.05) is 60.7 Å². The minimum absolute atomic E-state index is 0.289. The molecule has 0 bridgehead atoms. The van der Waals surface area contributed by atoms with Gasteiger partial charge in [-0.3, -0.25) is 14.2 Å². The van der Waals surface area contributed by atoms with Crippen molar-refractivity contribution in [1.82, 2.24) is 5.06 Å². The van der Waals surface area contributed by atoms with E-state index in [1.54, 1.807) is 13.8 Å². The van der Waals surface area contributed by atoms with Gasteiger partial charge in [-0.25, -0.2) is 5.06 Å². The fourth-order valence-electron chi connectivity index (χ4n) is 3.02. The van der Waals surface area contributed by atoms with Gasteiger partial charge in [0.25, 0.3) is 0 Å². The van der Waals surface area contributed by atoms with E-state index in [9.17, 15) is 9.36 Å². The van der Waals surface area contributed by atoms with E-state index in [0.29, 0.717) is 32.5 Å². The lowest BCUT2D eigenvalue weighted by molar-refractivity contribution is -0.177. The van der Waals surface area contributed by atoms with Gasteiger partial charge in [-0.2, -0.15) is 0 Å². The van der Waals surface area contributed by atoms with Crippen molar-refractivity contribution in [3.05, 3.63) is 71.8 Å². The van der Waals surface area contributed by atoms with E-state index < -0.39 is 7.60 Å². The molecule has 0 saturated heterocycles. The molecule has 0 aliphatic rings. The fourth-order valence-corrected chi connectivity index (χ4v) is 5.10. The Kier molecular flexibility index (Phi) is 10.1. The van der Waals surface area contributed by atoms with Crippen LogP contribution in [0.25, 0.3) is 0 Å². The van der Waals surface area contributed by atoms with Gasteiger partial charge in [-0.1, -0.05) is 60.7 Å². The summed E-state index contributed by atoms with van der Waals surface area (Å²) in [6.07, 6.45) is 1.61. The van der Waals surface area contributed by atoms with E-state index in [1.165, 1.54) is 5.06 Å². The molecular weight excluding hydrogens is 389 g/mol. The predicted octanol–water partition coefficient (Wildman–Crippen LogP) is 4.84. The van der Waals surface area contributed by atoms with Crippen molar-refractivity contribution in [2.45, 2.75) is 39.0 Å². The maximum atomic E-state index is 13.4. The second-order valence-electron chi connectivity index (χ2n) is 6.51. The van der Waals surface area contributed by atoms with Gasteiger partial charge < -0.3 is 9.05 Å². The summed E-state index contributed by atoms with van der Waals surface area (Å²) in [5.74, 6) is 0. The van der Waals surface area contributed by atoms with Crippen LogP contribution in [0.15, 0.2) is 60.7 Å². The molecule has 0 aromatic heterocycles. The summed E-state index contributed by atoms with van der Waals surface area (Å²) >= 11 is 0. The molecule has 158 valence electrons. The topological polar surface area (TPSA) is 65.1 Å². The molecule has 2 aromatic carbocycles. The molecule has 1 atom stereocenters. The Morgan fingerprint density at radius 2 is 1.48 bits per heavy atom. The summed E-state index contributed by atoms with van der Waals surface area (Å²) in [5.41, 5.74) is 1.63. The van der Waals surface area contributed by atoms with Crippen LogP contribution in [0.3, 0.4) is 0 Å². The van der Waals surface area contributed by atoms with E-state index in [4.69, 9.17) is 13.9 Å². The number of benzene rings is 2. The number of hydrogen-bond donors (Lipinski definition) is 0. The molecule has 0 spiro atoms. The van der Waals surface area contributed by atoms with Crippen LogP contribution in [0.5, 0.6) is 0 Å². The zero-order valence-electron chi connectivity index (χ0n) is 17.1. The van der Waals surface area contributed by atoms with Gasteiger partial charge in [0.1, 0.15) is 6.61 Å². The summed E-state index contributed by atoms with van der Waals surface area (Å²) in [6, 6.07) is 19.4. The van der Waals surface area contributed by atoms with Crippen LogP contribution in [-0.4, -0.2) is 36.9 Å². The molecule has 2 rings (SSSR count). The van der Waals surface area contributed by atoms with Crippen molar-refractivity contribution < 1.29 is 23.2 Å². The van der Waals surface area contributed by atoms with Crippen LogP contribution in [-0.2, 0) is 36.3 Å². The minimum atomic E-state index is -3.34. The quantitative estimate of drug-likeness (QED) is 0.249. The van der Waals surface area contributed by atoms with Gasteiger partial charge in [-0.15, -0.1) is 0 Å². The molecule has 0 fully saturated rings. The number of carbonyl (C=O) groups excluding carboxylic acids is 1. The van der Waals surface area contributed by atoms with Crippen molar-refractivity contribution in [1.29, 1.82) is 0 Å². The second-order valence-corrected chi connectivity index (χ2v) is 8.84. The third-order valence-electron chi connectivity index (χ3n) is 4.42. The smallest absolute Gasteiger partial charge is 0.309 e. The number of carbonyl (C=O) groups is 1. The zero-order valence-corrected chi connectivity index (χ0v) is 18.0. The van der Waals surface area contributed by atoms with E-state index in [-0.39, 0.29) is 18.8 Å². The maximum absolute atomic E-state index is 13.4. The molecule has 2 aromatic rings. The van der Waals surface area contributed by atoms with Gasteiger partial charge in [-0.05, 0) is 37.8 Å². The molecule has 29 heavy (non-hydrogen) atoms. The Morgan fingerprint density at radius 1 is 0.931 bits per heavy atom. The van der Waals surface area contributed by atoms with Crippen molar-refractivity contribution in [2.75, 3.05) is 19.8 Å². The predicted molar refractivity (Wildman–Crippen MR) is 113 cm³/mol. The average Bonchev–Trinajstić information content (AvgIpc) is 2.74. The number of amides is 1. The lowest BCUT2D eigenvalue weighted by Crippen LogP contribution is -2.28. The van der Waals surface area contributed by atoms with Gasteiger partial charge in [0.15, 0.2) is 0 Å². The lowest BCUT2D eigenvalue weighted by atomic mass is 10.1. The van der Waals surface area contributed by atoms with E-state index in [2.05, 4.69) is 0 Å². The van der Waals surface area contributed by atoms with Crippen LogP contribution in [0.2, 0.25) is 0 Å². The molecule has 7 heteroatoms. The summed E-state index contributed by atoms with van der Waals surface area (Å²) < 4.78 is 24.6. The van der Waals surface area contributed by atoms with Crippen LogP contribution in [0.4, 0.5) is 0 Å². The number of hydroxylamine groups is 2. The lowest BCUT2D eigenvalue weighted by Gasteiger charge is -2.28. The normalized spacial score (nSPS) is 12.5. The van der Waals surface area contributed by atoms with Crippen molar-refractivity contribution in [3.8, 4) is 0 Å². The molecule has 6 nitrogen and oxygen atoms in total. The van der Waals surface area contributed by atoms with Crippen molar-refractivity contribution in [3.63, 3.8) is 0 Å². The number of nitrogens with zero attached hydrogens (tertiary/aromatic N) is 1. The third kappa shape index (κ3) is 7.75. The molecule has 1 unspecified atom stereocenters. The second kappa shape index (κ2) is 12.6. The first-order valence-corrected chi connectivity index (χ1v) is 11.5. The average molecular weight is 419 g/mol. The highest BCUT2D eigenvalue weighted by molar-refractivity contribution is 7.54. The standard InChI is InChI=1S/C22H30NO5P/c1-3-27-29(25,28-4-2)22(17-20-11-7-5-8-12-20)15-16-23(19-24)26-18-21-13-9-6-10-14-21/h5-14,19,22H,3-4,15-18H2,1-2H3. The first kappa shape index (κ1) is 23.3. The highest BCUT2D eigenvalue weighted by Crippen LogP contribution is 2.55. The first-order chi connectivity index (χ1) is 14.1. The summed E-state index contributed by atoms with van der Waals surface area (Å²) in [7, 11) is -3.34. The van der Waals surface area contributed by atoms with Crippen molar-refractivity contribution >= 4 is 14.0 Å².